The Morgan fingerprint density at radius 2 is 1.70 bits per heavy atom. The van der Waals surface area contributed by atoms with E-state index in [0.717, 1.165) is 10.2 Å². The van der Waals surface area contributed by atoms with Crippen molar-refractivity contribution < 1.29 is 9.59 Å². The van der Waals surface area contributed by atoms with Crippen molar-refractivity contribution in [3.63, 3.8) is 0 Å². The molecular weight excluding hydrogens is 322 g/mol. The van der Waals surface area contributed by atoms with Crippen molar-refractivity contribution in [3.8, 4) is 0 Å². The molecule has 1 aromatic carbocycles. The molecule has 0 radical (unpaired) electrons. The van der Waals surface area contributed by atoms with E-state index < -0.39 is 0 Å². The Hall–Kier alpha value is -1.40. The molecule has 0 saturated heterocycles. The summed E-state index contributed by atoms with van der Waals surface area (Å²) in [6.45, 7) is 4.94. The lowest BCUT2D eigenvalue weighted by atomic mass is 10.2. The first-order valence-corrected chi connectivity index (χ1v) is 7.29. The zero-order valence-electron chi connectivity index (χ0n) is 11.7. The number of rotatable bonds is 7. The van der Waals surface area contributed by atoms with Crippen LogP contribution in [0.15, 0.2) is 28.7 Å². The minimum absolute atomic E-state index is 0.102. The topological polar surface area (TPSA) is 70.2 Å². The SMILES string of the molecule is CC(C)CNC(=O)CNCC(=O)Nc1ccc(Br)cc1. The second-order valence-electron chi connectivity index (χ2n) is 4.86. The fourth-order valence-corrected chi connectivity index (χ4v) is 1.67. The lowest BCUT2D eigenvalue weighted by Gasteiger charge is -2.09. The lowest BCUT2D eigenvalue weighted by molar-refractivity contribution is -0.120. The summed E-state index contributed by atoms with van der Waals surface area (Å²) in [6, 6.07) is 7.31. The van der Waals surface area contributed by atoms with E-state index >= 15 is 0 Å². The first-order chi connectivity index (χ1) is 9.47. The van der Waals surface area contributed by atoms with Crippen LogP contribution in [-0.4, -0.2) is 31.4 Å². The minimum Gasteiger partial charge on any atom is -0.355 e. The summed E-state index contributed by atoms with van der Waals surface area (Å²) in [5.41, 5.74) is 0.726. The molecule has 5 nitrogen and oxygen atoms in total. The fourth-order valence-electron chi connectivity index (χ4n) is 1.41. The molecule has 2 amide bonds. The van der Waals surface area contributed by atoms with E-state index in [0.29, 0.717) is 12.5 Å². The summed E-state index contributed by atoms with van der Waals surface area (Å²) < 4.78 is 0.954. The largest absolute Gasteiger partial charge is 0.355 e. The number of carbonyl (C=O) groups is 2. The fraction of sp³-hybridized carbons (Fsp3) is 0.429. The zero-order chi connectivity index (χ0) is 15.0. The van der Waals surface area contributed by atoms with E-state index in [1.54, 1.807) is 12.1 Å². The van der Waals surface area contributed by atoms with Crippen LogP contribution in [0.1, 0.15) is 13.8 Å². The number of anilines is 1. The van der Waals surface area contributed by atoms with Crippen LogP contribution in [0.3, 0.4) is 0 Å². The Kier molecular flexibility index (Phi) is 7.25. The summed E-state index contributed by atoms with van der Waals surface area (Å²) in [6.07, 6.45) is 0. The molecule has 0 fully saturated rings. The third-order valence-electron chi connectivity index (χ3n) is 2.41. The van der Waals surface area contributed by atoms with Crippen LogP contribution in [0.5, 0.6) is 0 Å². The maximum absolute atomic E-state index is 11.6. The van der Waals surface area contributed by atoms with Crippen molar-refractivity contribution in [2.24, 2.45) is 5.92 Å². The Labute approximate surface area is 127 Å². The summed E-state index contributed by atoms with van der Waals surface area (Å²) in [4.78, 5) is 23.0. The molecule has 0 aliphatic heterocycles. The minimum atomic E-state index is -0.177. The van der Waals surface area contributed by atoms with Gasteiger partial charge in [-0.3, -0.25) is 14.9 Å². The van der Waals surface area contributed by atoms with Gasteiger partial charge < -0.3 is 10.6 Å². The van der Waals surface area contributed by atoms with Gasteiger partial charge >= 0.3 is 0 Å². The molecular formula is C14H20BrN3O2. The molecule has 1 rings (SSSR count). The number of benzene rings is 1. The van der Waals surface area contributed by atoms with Gasteiger partial charge in [-0.1, -0.05) is 29.8 Å². The first-order valence-electron chi connectivity index (χ1n) is 6.50. The van der Waals surface area contributed by atoms with Crippen molar-refractivity contribution in [2.75, 3.05) is 25.0 Å². The quantitative estimate of drug-likeness (QED) is 0.707. The standard InChI is InChI=1S/C14H20BrN3O2/c1-10(2)7-17-13(19)8-16-9-14(20)18-12-5-3-11(15)4-6-12/h3-6,10,16H,7-9H2,1-2H3,(H,17,19)(H,18,20). The molecule has 20 heavy (non-hydrogen) atoms. The van der Waals surface area contributed by atoms with Crippen LogP contribution in [0, 0.1) is 5.92 Å². The van der Waals surface area contributed by atoms with Gasteiger partial charge in [0.1, 0.15) is 0 Å². The molecule has 0 aliphatic carbocycles. The molecule has 0 bridgehead atoms. The monoisotopic (exact) mass is 341 g/mol. The molecule has 0 unspecified atom stereocenters. The van der Waals surface area contributed by atoms with Gasteiger partial charge in [0, 0.05) is 16.7 Å². The molecule has 1 aromatic rings. The van der Waals surface area contributed by atoms with Crippen molar-refractivity contribution in [2.45, 2.75) is 13.8 Å². The highest BCUT2D eigenvalue weighted by Gasteiger charge is 2.05. The van der Waals surface area contributed by atoms with E-state index in [4.69, 9.17) is 0 Å². The molecule has 0 atom stereocenters. The number of hydrogen-bond acceptors (Lipinski definition) is 3. The molecule has 6 heteroatoms. The van der Waals surface area contributed by atoms with Crippen molar-refractivity contribution in [1.82, 2.24) is 10.6 Å². The van der Waals surface area contributed by atoms with E-state index in [1.165, 1.54) is 0 Å². The third kappa shape index (κ3) is 7.25. The van der Waals surface area contributed by atoms with Gasteiger partial charge in [-0.25, -0.2) is 0 Å². The van der Waals surface area contributed by atoms with E-state index in [1.807, 2.05) is 26.0 Å². The molecule has 0 aromatic heterocycles. The van der Waals surface area contributed by atoms with Crippen molar-refractivity contribution in [1.29, 1.82) is 0 Å². The summed E-state index contributed by atoms with van der Waals surface area (Å²) in [7, 11) is 0. The van der Waals surface area contributed by atoms with Crippen LogP contribution < -0.4 is 16.0 Å². The smallest absolute Gasteiger partial charge is 0.238 e. The third-order valence-corrected chi connectivity index (χ3v) is 2.94. The molecule has 3 N–H and O–H groups in total. The Morgan fingerprint density at radius 3 is 2.30 bits per heavy atom. The van der Waals surface area contributed by atoms with Crippen LogP contribution >= 0.6 is 15.9 Å². The normalized spacial score (nSPS) is 10.4. The summed E-state index contributed by atoms with van der Waals surface area (Å²) in [5.74, 6) is 0.138. The second-order valence-corrected chi connectivity index (χ2v) is 5.77. The maximum atomic E-state index is 11.6. The highest BCUT2D eigenvalue weighted by Crippen LogP contribution is 2.13. The van der Waals surface area contributed by atoms with Gasteiger partial charge in [-0.2, -0.15) is 0 Å². The van der Waals surface area contributed by atoms with E-state index in [9.17, 15) is 9.59 Å². The van der Waals surface area contributed by atoms with Crippen molar-refractivity contribution in [3.05, 3.63) is 28.7 Å². The van der Waals surface area contributed by atoms with Gasteiger partial charge in [0.2, 0.25) is 11.8 Å². The lowest BCUT2D eigenvalue weighted by Crippen LogP contribution is -2.38. The molecule has 110 valence electrons. The van der Waals surface area contributed by atoms with Gasteiger partial charge in [-0.05, 0) is 30.2 Å². The first kappa shape index (κ1) is 16.7. The van der Waals surface area contributed by atoms with E-state index in [2.05, 4.69) is 31.9 Å². The average molecular weight is 342 g/mol. The summed E-state index contributed by atoms with van der Waals surface area (Å²) >= 11 is 3.32. The Balaban J connectivity index is 2.20. The van der Waals surface area contributed by atoms with Gasteiger partial charge in [0.15, 0.2) is 0 Å². The van der Waals surface area contributed by atoms with E-state index in [-0.39, 0.29) is 24.9 Å². The Bertz CT molecular complexity index is 446. The number of halogens is 1. The van der Waals surface area contributed by atoms with Gasteiger partial charge in [-0.15, -0.1) is 0 Å². The van der Waals surface area contributed by atoms with Crippen LogP contribution in [-0.2, 0) is 9.59 Å². The van der Waals surface area contributed by atoms with Crippen molar-refractivity contribution >= 4 is 33.4 Å². The molecule has 0 saturated carbocycles. The molecule has 0 spiro atoms. The number of amides is 2. The maximum Gasteiger partial charge on any atom is 0.238 e. The number of nitrogens with one attached hydrogen (secondary N) is 3. The second kappa shape index (κ2) is 8.71. The van der Waals surface area contributed by atoms with Crippen LogP contribution in [0.2, 0.25) is 0 Å². The highest BCUT2D eigenvalue weighted by molar-refractivity contribution is 9.10. The van der Waals surface area contributed by atoms with Gasteiger partial charge in [0.25, 0.3) is 0 Å². The predicted molar refractivity (Wildman–Crippen MR) is 83.5 cm³/mol. The zero-order valence-corrected chi connectivity index (χ0v) is 13.3. The van der Waals surface area contributed by atoms with Gasteiger partial charge in [0.05, 0.1) is 13.1 Å². The van der Waals surface area contributed by atoms with Crippen LogP contribution in [0.4, 0.5) is 5.69 Å². The van der Waals surface area contributed by atoms with Crippen LogP contribution in [0.25, 0.3) is 0 Å². The Morgan fingerprint density at radius 1 is 1.10 bits per heavy atom. The predicted octanol–water partition coefficient (Wildman–Crippen LogP) is 1.75. The molecule has 0 heterocycles. The number of carbonyl (C=O) groups excluding carboxylic acids is 2. The number of hydrogen-bond donors (Lipinski definition) is 3. The highest BCUT2D eigenvalue weighted by atomic mass is 79.9. The summed E-state index contributed by atoms with van der Waals surface area (Å²) in [5, 5.41) is 8.32. The molecule has 0 aliphatic rings. The average Bonchev–Trinajstić information content (AvgIpc) is 2.39.